The number of benzene rings is 1. The Bertz CT molecular complexity index is 518. The molecule has 0 saturated heterocycles. The van der Waals surface area contributed by atoms with Crippen molar-refractivity contribution >= 4 is 15.7 Å². The molecule has 0 atom stereocenters. The van der Waals surface area contributed by atoms with Gasteiger partial charge in [0.25, 0.3) is 0 Å². The molecule has 0 aliphatic carbocycles. The highest BCUT2D eigenvalue weighted by atomic mass is 32.2. The molecule has 0 saturated carbocycles. The molecule has 0 heterocycles. The van der Waals surface area contributed by atoms with Crippen molar-refractivity contribution in [1.29, 1.82) is 0 Å². The number of aryl methyl sites for hydroxylation is 1. The van der Waals surface area contributed by atoms with Crippen molar-refractivity contribution in [3.63, 3.8) is 0 Å². The molecule has 5 nitrogen and oxygen atoms in total. The molecule has 1 rings (SSSR count). The van der Waals surface area contributed by atoms with Gasteiger partial charge in [-0.2, -0.15) is 4.31 Å². The van der Waals surface area contributed by atoms with Gasteiger partial charge in [0, 0.05) is 7.05 Å². The molecule has 0 amide bonds. The first-order chi connectivity index (χ1) is 8.14. The van der Waals surface area contributed by atoms with Crippen LogP contribution in [-0.4, -0.2) is 37.0 Å². The number of rotatable bonds is 4. The van der Waals surface area contributed by atoms with E-state index in [-0.39, 0.29) is 17.2 Å². The number of likely N-dealkylation sites (N-methyl/N-ethyl adjacent to an activating group) is 1. The highest BCUT2D eigenvalue weighted by Crippen LogP contribution is 2.28. The third-order valence-electron chi connectivity index (χ3n) is 3.10. The normalized spacial score (nSPS) is 13.0. The van der Waals surface area contributed by atoms with Crippen molar-refractivity contribution in [2.45, 2.75) is 31.2 Å². The van der Waals surface area contributed by atoms with Crippen LogP contribution in [0.4, 0.5) is 5.69 Å². The second kappa shape index (κ2) is 4.87. The summed E-state index contributed by atoms with van der Waals surface area (Å²) in [5, 5.41) is 9.28. The lowest BCUT2D eigenvalue weighted by molar-refractivity contribution is 0.138. The van der Waals surface area contributed by atoms with E-state index in [0.29, 0.717) is 5.56 Å². The minimum Gasteiger partial charge on any atom is -0.398 e. The van der Waals surface area contributed by atoms with Gasteiger partial charge in [-0.05, 0) is 32.4 Å². The van der Waals surface area contributed by atoms with Crippen LogP contribution >= 0.6 is 0 Å². The van der Waals surface area contributed by atoms with E-state index in [1.807, 2.05) is 0 Å². The van der Waals surface area contributed by atoms with Gasteiger partial charge in [0.15, 0.2) is 0 Å². The Morgan fingerprint density at radius 2 is 1.94 bits per heavy atom. The Balaban J connectivity index is 3.40. The molecule has 0 fully saturated rings. The third kappa shape index (κ3) is 2.50. The van der Waals surface area contributed by atoms with Crippen molar-refractivity contribution in [3.8, 4) is 0 Å². The minimum atomic E-state index is -3.72. The van der Waals surface area contributed by atoms with Crippen LogP contribution in [0.1, 0.15) is 19.4 Å². The third-order valence-corrected chi connectivity index (χ3v) is 5.39. The van der Waals surface area contributed by atoms with Crippen molar-refractivity contribution < 1.29 is 13.5 Å². The van der Waals surface area contributed by atoms with E-state index in [2.05, 4.69) is 0 Å². The Kier molecular flexibility index (Phi) is 4.05. The number of nitrogens with zero attached hydrogens (tertiary/aromatic N) is 1. The summed E-state index contributed by atoms with van der Waals surface area (Å²) in [4.78, 5) is 0.106. The lowest BCUT2D eigenvalue weighted by Crippen LogP contribution is -2.47. The average Bonchev–Trinajstić information content (AvgIpc) is 2.27. The quantitative estimate of drug-likeness (QED) is 0.800. The number of hydrogen-bond donors (Lipinski definition) is 2. The van der Waals surface area contributed by atoms with Gasteiger partial charge in [-0.25, -0.2) is 8.42 Å². The van der Waals surface area contributed by atoms with Gasteiger partial charge in [0.2, 0.25) is 10.0 Å². The Morgan fingerprint density at radius 1 is 1.39 bits per heavy atom. The van der Waals surface area contributed by atoms with E-state index in [4.69, 9.17) is 5.73 Å². The molecule has 1 aromatic rings. The zero-order valence-corrected chi connectivity index (χ0v) is 12.0. The number of aliphatic hydroxyl groups is 1. The number of nitrogen functional groups attached to an aromatic ring is 1. The van der Waals surface area contributed by atoms with Gasteiger partial charge in [-0.1, -0.05) is 12.1 Å². The van der Waals surface area contributed by atoms with Gasteiger partial charge in [-0.15, -0.1) is 0 Å². The van der Waals surface area contributed by atoms with E-state index in [9.17, 15) is 13.5 Å². The molecular formula is C12H20N2O3S. The van der Waals surface area contributed by atoms with E-state index in [1.165, 1.54) is 7.05 Å². The average molecular weight is 272 g/mol. The van der Waals surface area contributed by atoms with Gasteiger partial charge in [0.05, 0.1) is 17.8 Å². The summed E-state index contributed by atoms with van der Waals surface area (Å²) in [6, 6.07) is 4.96. The highest BCUT2D eigenvalue weighted by Gasteiger charge is 2.35. The summed E-state index contributed by atoms with van der Waals surface area (Å²) < 4.78 is 26.2. The fourth-order valence-electron chi connectivity index (χ4n) is 1.59. The van der Waals surface area contributed by atoms with Crippen LogP contribution in [0.2, 0.25) is 0 Å². The zero-order chi connectivity index (χ0) is 14.1. The summed E-state index contributed by atoms with van der Waals surface area (Å²) in [5.41, 5.74) is 5.69. The largest absolute Gasteiger partial charge is 0.398 e. The predicted octanol–water partition coefficient (Wildman–Crippen LogP) is 0.969. The maximum Gasteiger partial charge on any atom is 0.245 e. The van der Waals surface area contributed by atoms with E-state index < -0.39 is 15.6 Å². The summed E-state index contributed by atoms with van der Waals surface area (Å²) in [7, 11) is -2.28. The van der Waals surface area contributed by atoms with E-state index >= 15 is 0 Å². The molecule has 102 valence electrons. The summed E-state index contributed by atoms with van der Waals surface area (Å²) in [5.74, 6) is 0. The van der Waals surface area contributed by atoms with Crippen molar-refractivity contribution in [3.05, 3.63) is 23.8 Å². The van der Waals surface area contributed by atoms with Crippen LogP contribution in [0.3, 0.4) is 0 Å². The number of sulfonamides is 1. The van der Waals surface area contributed by atoms with Crippen LogP contribution in [-0.2, 0) is 10.0 Å². The molecule has 3 N–H and O–H groups in total. The van der Waals surface area contributed by atoms with Gasteiger partial charge < -0.3 is 10.8 Å². The molecule has 0 radical (unpaired) electrons. The van der Waals surface area contributed by atoms with Gasteiger partial charge in [0.1, 0.15) is 4.90 Å². The minimum absolute atomic E-state index is 0.106. The number of aliphatic hydroxyl groups excluding tert-OH is 1. The molecule has 0 aromatic heterocycles. The molecular weight excluding hydrogens is 252 g/mol. The first-order valence-corrected chi connectivity index (χ1v) is 7.03. The molecule has 0 aliphatic heterocycles. The van der Waals surface area contributed by atoms with Crippen LogP contribution in [0, 0.1) is 6.92 Å². The maximum absolute atomic E-state index is 12.5. The zero-order valence-electron chi connectivity index (χ0n) is 11.1. The Labute approximate surface area is 108 Å². The Hall–Kier alpha value is -1.11. The molecule has 1 aromatic carbocycles. The second-order valence-corrected chi connectivity index (χ2v) is 6.84. The number of hydrogen-bond acceptors (Lipinski definition) is 4. The van der Waals surface area contributed by atoms with Gasteiger partial charge in [-0.3, -0.25) is 0 Å². The first kappa shape index (κ1) is 14.9. The molecule has 0 bridgehead atoms. The van der Waals surface area contributed by atoms with Crippen molar-refractivity contribution in [1.82, 2.24) is 4.31 Å². The molecule has 6 heteroatoms. The van der Waals surface area contributed by atoms with Crippen molar-refractivity contribution in [2.24, 2.45) is 0 Å². The summed E-state index contributed by atoms with van der Waals surface area (Å²) >= 11 is 0. The molecule has 0 unspecified atom stereocenters. The monoisotopic (exact) mass is 272 g/mol. The number of anilines is 1. The second-order valence-electron chi connectivity index (χ2n) is 4.94. The van der Waals surface area contributed by atoms with Crippen LogP contribution in [0.25, 0.3) is 0 Å². The summed E-state index contributed by atoms with van der Waals surface area (Å²) in [6.07, 6.45) is 0. The molecule has 18 heavy (non-hydrogen) atoms. The van der Waals surface area contributed by atoms with Crippen LogP contribution < -0.4 is 5.73 Å². The lowest BCUT2D eigenvalue weighted by atomic mass is 10.1. The SMILES string of the molecule is Cc1cccc(N)c1S(=O)(=O)N(C)C(C)(C)CO. The van der Waals surface area contributed by atoms with Crippen molar-refractivity contribution in [2.75, 3.05) is 19.4 Å². The fourth-order valence-corrected chi connectivity index (χ4v) is 3.41. The topological polar surface area (TPSA) is 83.6 Å². The number of nitrogens with two attached hydrogens (primary N) is 1. The fraction of sp³-hybridized carbons (Fsp3) is 0.500. The van der Waals surface area contributed by atoms with E-state index in [1.54, 1.807) is 39.0 Å². The standard InChI is InChI=1S/C12H20N2O3S/c1-9-6-5-7-10(13)11(9)18(16,17)14(4)12(2,3)8-15/h5-7,15H,8,13H2,1-4H3. The molecule has 0 aliphatic rings. The molecule has 0 spiro atoms. The van der Waals surface area contributed by atoms with E-state index in [0.717, 1.165) is 4.31 Å². The lowest BCUT2D eigenvalue weighted by Gasteiger charge is -2.33. The maximum atomic E-state index is 12.5. The van der Waals surface area contributed by atoms with Crippen LogP contribution in [0.15, 0.2) is 23.1 Å². The highest BCUT2D eigenvalue weighted by molar-refractivity contribution is 7.89. The first-order valence-electron chi connectivity index (χ1n) is 5.59. The van der Waals surface area contributed by atoms with Crippen LogP contribution in [0.5, 0.6) is 0 Å². The summed E-state index contributed by atoms with van der Waals surface area (Å²) in [6.45, 7) is 4.73. The Morgan fingerprint density at radius 3 is 2.39 bits per heavy atom. The smallest absolute Gasteiger partial charge is 0.245 e. The predicted molar refractivity (Wildman–Crippen MR) is 71.7 cm³/mol. The van der Waals surface area contributed by atoms with Gasteiger partial charge >= 0.3 is 0 Å².